The Morgan fingerprint density at radius 3 is 2.61 bits per heavy atom. The van der Waals surface area contributed by atoms with Crippen LogP contribution in [0.2, 0.25) is 0 Å². The molecule has 0 radical (unpaired) electrons. The Morgan fingerprint density at radius 2 is 1.95 bits per heavy atom. The monoisotopic (exact) mass is 531 g/mol. The molecule has 2 N–H and O–H groups in total. The predicted octanol–water partition coefficient (Wildman–Crippen LogP) is 4.16. The molecule has 0 amide bonds. The van der Waals surface area contributed by atoms with Gasteiger partial charge in [0.2, 0.25) is 0 Å². The van der Waals surface area contributed by atoms with Gasteiger partial charge >= 0.3 is 10.2 Å². The number of ether oxygens (including phenoxy) is 1. The summed E-state index contributed by atoms with van der Waals surface area (Å²) in [5.74, 6) is 0.351. The maximum Gasteiger partial charge on any atom is 0.333 e. The van der Waals surface area contributed by atoms with Crippen LogP contribution in [0.1, 0.15) is 25.5 Å². The molecular formula is C27H22FN5O4S. The van der Waals surface area contributed by atoms with E-state index in [1.165, 1.54) is 12.3 Å². The smallest absolute Gasteiger partial charge is 0.333 e. The number of nitriles is 1. The summed E-state index contributed by atoms with van der Waals surface area (Å²) in [5, 5.41) is 14.3. The van der Waals surface area contributed by atoms with Gasteiger partial charge in [-0.3, -0.25) is 9.78 Å². The highest BCUT2D eigenvalue weighted by Gasteiger charge is 2.27. The minimum Gasteiger partial charge on any atom is -0.490 e. The van der Waals surface area contributed by atoms with Crippen LogP contribution in [-0.2, 0) is 10.2 Å². The van der Waals surface area contributed by atoms with Gasteiger partial charge in [0.05, 0.1) is 40.1 Å². The van der Waals surface area contributed by atoms with Gasteiger partial charge in [-0.15, -0.1) is 3.89 Å². The van der Waals surface area contributed by atoms with Crippen LogP contribution in [0.5, 0.6) is 5.75 Å². The van der Waals surface area contributed by atoms with E-state index in [4.69, 9.17) is 4.74 Å². The average Bonchev–Trinajstić information content (AvgIpc) is 3.23. The number of rotatable bonds is 5. The number of H-pyrrole nitrogens is 1. The van der Waals surface area contributed by atoms with Crippen LogP contribution in [-0.4, -0.2) is 42.1 Å². The van der Waals surface area contributed by atoms with Crippen molar-refractivity contribution >= 4 is 43.1 Å². The van der Waals surface area contributed by atoms with Gasteiger partial charge in [0.1, 0.15) is 16.3 Å². The van der Waals surface area contributed by atoms with Crippen molar-refractivity contribution in [1.29, 1.82) is 5.26 Å². The standard InChI is InChI=1S/C27H22FN5O4S/c1-14(2)37-24-8-21-23(7-20(24)16-6-18(13-30-10-16)38(28,35)36)33(17-11-31-12-17)27-25(26(21)34)19-4-3-15(9-29)5-22(19)32-27/h3-8,10,13-14,17,31-32H,11-12H2,1-2H3. The normalized spacial score (nSPS) is 14.3. The number of nitrogens with one attached hydrogen (secondary N) is 2. The largest absolute Gasteiger partial charge is 0.490 e. The van der Waals surface area contributed by atoms with Crippen LogP contribution in [0.4, 0.5) is 3.89 Å². The van der Waals surface area contributed by atoms with Crippen LogP contribution in [0.25, 0.3) is 44.0 Å². The zero-order valence-electron chi connectivity index (χ0n) is 20.4. The van der Waals surface area contributed by atoms with Crippen molar-refractivity contribution in [1.82, 2.24) is 19.9 Å². The van der Waals surface area contributed by atoms with E-state index in [0.29, 0.717) is 68.4 Å². The molecule has 38 heavy (non-hydrogen) atoms. The molecule has 1 saturated heterocycles. The van der Waals surface area contributed by atoms with Crippen molar-refractivity contribution in [3.8, 4) is 22.9 Å². The number of halogens is 1. The summed E-state index contributed by atoms with van der Waals surface area (Å²) in [6, 6.07) is 12.0. The third-order valence-corrected chi connectivity index (χ3v) is 7.56. The number of aromatic nitrogens is 3. The maximum absolute atomic E-state index is 14.0. The van der Waals surface area contributed by atoms with Crippen LogP contribution in [0.3, 0.4) is 0 Å². The van der Waals surface area contributed by atoms with Gasteiger partial charge in [0.15, 0.2) is 5.43 Å². The molecule has 9 nitrogen and oxygen atoms in total. The Bertz CT molecular complexity index is 1990. The Hall–Kier alpha value is -4.27. The lowest BCUT2D eigenvalue weighted by Gasteiger charge is -2.32. The number of pyridine rings is 2. The lowest BCUT2D eigenvalue weighted by atomic mass is 10.0. The highest BCUT2D eigenvalue weighted by molar-refractivity contribution is 7.86. The molecule has 1 aliphatic rings. The number of hydrogen-bond donors (Lipinski definition) is 2. The SMILES string of the molecule is CC(C)Oc1cc2c(=O)c3c4ccc(C#N)cc4[nH]c3n(C3CNC3)c2cc1-c1cncc(S(=O)(=O)F)c1. The first-order valence-corrected chi connectivity index (χ1v) is 13.4. The van der Waals surface area contributed by atoms with Gasteiger partial charge in [-0.25, -0.2) is 0 Å². The van der Waals surface area contributed by atoms with Crippen molar-refractivity contribution in [3.63, 3.8) is 0 Å². The zero-order valence-corrected chi connectivity index (χ0v) is 21.3. The molecule has 0 atom stereocenters. The Labute approximate surface area is 216 Å². The van der Waals surface area contributed by atoms with Crippen LogP contribution in [0, 0.1) is 11.3 Å². The fourth-order valence-electron chi connectivity index (χ4n) is 4.98. The number of benzene rings is 2. The summed E-state index contributed by atoms with van der Waals surface area (Å²) >= 11 is 0. The van der Waals surface area contributed by atoms with Gasteiger partial charge < -0.3 is 19.6 Å². The van der Waals surface area contributed by atoms with E-state index in [2.05, 4.69) is 25.9 Å². The highest BCUT2D eigenvalue weighted by Crippen LogP contribution is 2.38. The van der Waals surface area contributed by atoms with E-state index in [0.717, 1.165) is 6.20 Å². The van der Waals surface area contributed by atoms with E-state index in [-0.39, 0.29) is 17.6 Å². The number of aromatic amines is 1. The second-order valence-corrected chi connectivity index (χ2v) is 11.0. The topological polar surface area (TPSA) is 130 Å². The molecule has 1 fully saturated rings. The third-order valence-electron chi connectivity index (χ3n) is 6.77. The molecular weight excluding hydrogens is 509 g/mol. The number of fused-ring (bicyclic) bond motifs is 4. The maximum atomic E-state index is 14.0. The second-order valence-electron chi connectivity index (χ2n) is 9.61. The molecule has 1 aliphatic heterocycles. The molecule has 4 heterocycles. The van der Waals surface area contributed by atoms with E-state index < -0.39 is 15.1 Å². The van der Waals surface area contributed by atoms with Gasteiger partial charge in [-0.2, -0.15) is 13.7 Å². The zero-order chi connectivity index (χ0) is 26.8. The molecule has 0 aliphatic carbocycles. The fourth-order valence-corrected chi connectivity index (χ4v) is 5.43. The minimum atomic E-state index is -4.98. The van der Waals surface area contributed by atoms with Gasteiger partial charge in [-0.1, -0.05) is 6.07 Å². The molecule has 192 valence electrons. The summed E-state index contributed by atoms with van der Waals surface area (Å²) in [5.41, 5.74) is 3.00. The summed E-state index contributed by atoms with van der Waals surface area (Å²) in [7, 11) is -4.98. The van der Waals surface area contributed by atoms with Gasteiger partial charge in [0.25, 0.3) is 0 Å². The number of hydrogen-bond acceptors (Lipinski definition) is 7. The molecule has 0 saturated carbocycles. The Morgan fingerprint density at radius 1 is 1.16 bits per heavy atom. The Balaban J connectivity index is 1.74. The van der Waals surface area contributed by atoms with Crippen molar-refractivity contribution in [2.45, 2.75) is 30.9 Å². The van der Waals surface area contributed by atoms with Crippen LogP contribution < -0.4 is 15.5 Å². The second kappa shape index (κ2) is 8.65. The summed E-state index contributed by atoms with van der Waals surface area (Å²) in [6.07, 6.45) is 2.12. The van der Waals surface area contributed by atoms with E-state index in [1.807, 2.05) is 13.8 Å². The molecule has 5 aromatic rings. The van der Waals surface area contributed by atoms with Crippen LogP contribution >= 0.6 is 0 Å². The minimum absolute atomic E-state index is 0.0319. The first-order valence-electron chi connectivity index (χ1n) is 12.0. The van der Waals surface area contributed by atoms with Gasteiger partial charge in [-0.05, 0) is 44.2 Å². The molecule has 6 rings (SSSR count). The summed E-state index contributed by atoms with van der Waals surface area (Å²) in [6.45, 7) is 5.04. The van der Waals surface area contributed by atoms with E-state index >= 15 is 0 Å². The molecule has 3 aromatic heterocycles. The third kappa shape index (κ3) is 3.81. The first kappa shape index (κ1) is 24.1. The highest BCUT2D eigenvalue weighted by atomic mass is 32.3. The quantitative estimate of drug-likeness (QED) is 0.326. The van der Waals surface area contributed by atoms with Crippen molar-refractivity contribution in [2.75, 3.05) is 13.1 Å². The van der Waals surface area contributed by atoms with E-state index in [9.17, 15) is 22.4 Å². The average molecular weight is 532 g/mol. The molecule has 0 bridgehead atoms. The summed E-state index contributed by atoms with van der Waals surface area (Å²) < 4.78 is 45.1. The molecule has 0 unspecified atom stereocenters. The molecule has 2 aromatic carbocycles. The number of nitrogens with zero attached hydrogens (tertiary/aromatic N) is 3. The molecule has 11 heteroatoms. The van der Waals surface area contributed by atoms with Crippen LogP contribution in [0.15, 0.2) is 58.5 Å². The first-order chi connectivity index (χ1) is 18.2. The predicted molar refractivity (Wildman–Crippen MR) is 141 cm³/mol. The van der Waals surface area contributed by atoms with E-state index in [1.54, 1.807) is 30.3 Å². The molecule has 0 spiro atoms. The van der Waals surface area contributed by atoms with Crippen molar-refractivity contribution < 1.29 is 17.0 Å². The lowest BCUT2D eigenvalue weighted by molar-refractivity contribution is 0.244. The lowest BCUT2D eigenvalue weighted by Crippen LogP contribution is -2.44. The Kier molecular flexibility index (Phi) is 5.48. The summed E-state index contributed by atoms with van der Waals surface area (Å²) in [4.78, 5) is 20.7. The fraction of sp³-hybridized carbons (Fsp3) is 0.222. The van der Waals surface area contributed by atoms with Crippen molar-refractivity contribution in [3.05, 3.63) is 64.6 Å². The van der Waals surface area contributed by atoms with Crippen molar-refractivity contribution in [2.24, 2.45) is 0 Å². The van der Waals surface area contributed by atoms with Gasteiger partial charge in [0, 0.05) is 47.5 Å².